The van der Waals surface area contributed by atoms with Gasteiger partial charge >= 0.3 is 11.9 Å². The summed E-state index contributed by atoms with van der Waals surface area (Å²) in [6.45, 7) is 1.32. The van der Waals surface area contributed by atoms with Crippen LogP contribution < -0.4 is 4.72 Å². The second kappa shape index (κ2) is 8.12. The van der Waals surface area contributed by atoms with Crippen molar-refractivity contribution in [1.82, 2.24) is 0 Å². The second-order valence-corrected chi connectivity index (χ2v) is 7.02. The quantitative estimate of drug-likeness (QED) is 0.750. The minimum Gasteiger partial charge on any atom is -0.466 e. The Morgan fingerprint density at radius 3 is 2.41 bits per heavy atom. The summed E-state index contributed by atoms with van der Waals surface area (Å²) in [6.07, 6.45) is -1.15. The van der Waals surface area contributed by atoms with Gasteiger partial charge in [-0.1, -0.05) is 6.07 Å². The number of sulfonamides is 1. The Morgan fingerprint density at radius 1 is 1.07 bits per heavy atom. The smallest absolute Gasteiger partial charge is 0.346 e. The molecule has 2 aromatic rings. The van der Waals surface area contributed by atoms with Crippen LogP contribution in [0.3, 0.4) is 0 Å². The number of carbonyl (C=O) groups excluding carboxylic acids is 2. The second-order valence-electron chi connectivity index (χ2n) is 5.33. The van der Waals surface area contributed by atoms with E-state index in [1.807, 2.05) is 0 Å². The van der Waals surface area contributed by atoms with Crippen molar-refractivity contribution in [2.45, 2.75) is 17.9 Å². The van der Waals surface area contributed by atoms with E-state index < -0.39 is 44.6 Å². The first kappa shape index (κ1) is 20.3. The van der Waals surface area contributed by atoms with Crippen LogP contribution in [0.2, 0.25) is 0 Å². The van der Waals surface area contributed by atoms with Gasteiger partial charge in [0, 0.05) is 5.69 Å². The molecule has 0 spiro atoms. The van der Waals surface area contributed by atoms with E-state index in [1.54, 1.807) is 0 Å². The molecule has 0 aliphatic heterocycles. The minimum atomic E-state index is -4.22. The molecule has 0 aliphatic rings. The maximum Gasteiger partial charge on any atom is 0.346 e. The first-order valence-electron chi connectivity index (χ1n) is 7.51. The third-order valence-electron chi connectivity index (χ3n) is 3.37. The number of esters is 2. The Labute approximate surface area is 154 Å². The summed E-state index contributed by atoms with van der Waals surface area (Å²) in [7, 11) is -3.08. The third-order valence-corrected chi connectivity index (χ3v) is 4.75. The van der Waals surface area contributed by atoms with Crippen LogP contribution in [0.25, 0.3) is 0 Å². The zero-order valence-electron chi connectivity index (χ0n) is 14.2. The number of methoxy groups -OCH3 is 1. The number of ether oxygens (including phenoxy) is 2. The third kappa shape index (κ3) is 5.00. The van der Waals surface area contributed by atoms with Crippen molar-refractivity contribution in [3.8, 4) is 0 Å². The van der Waals surface area contributed by atoms with Gasteiger partial charge in [0.1, 0.15) is 0 Å². The fourth-order valence-electron chi connectivity index (χ4n) is 2.01. The fraction of sp³-hybridized carbons (Fsp3) is 0.176. The largest absolute Gasteiger partial charge is 0.466 e. The van der Waals surface area contributed by atoms with Crippen molar-refractivity contribution in [2.75, 3.05) is 11.8 Å². The van der Waals surface area contributed by atoms with Crippen LogP contribution >= 0.6 is 0 Å². The van der Waals surface area contributed by atoms with E-state index in [0.29, 0.717) is 12.1 Å². The number of halogens is 2. The van der Waals surface area contributed by atoms with E-state index in [2.05, 4.69) is 9.46 Å². The topological polar surface area (TPSA) is 98.8 Å². The lowest BCUT2D eigenvalue weighted by Crippen LogP contribution is -2.25. The highest BCUT2D eigenvalue weighted by atomic mass is 32.2. The molecular formula is C17H15F2NO6S. The molecule has 0 radical (unpaired) electrons. The standard InChI is InChI=1S/C17H15F2NO6S/c1-10(16(21)25-2)26-17(22)11-4-3-5-12(8-11)20-27(23,24)13-6-7-14(18)15(19)9-13/h3-10,20H,1-2H3/t10-/m1/s1. The van der Waals surface area contributed by atoms with Gasteiger partial charge in [-0.15, -0.1) is 0 Å². The minimum absolute atomic E-state index is 0.0140. The predicted molar refractivity (Wildman–Crippen MR) is 90.5 cm³/mol. The molecule has 0 bridgehead atoms. The summed E-state index contributed by atoms with van der Waals surface area (Å²) in [5.41, 5.74) is -0.0452. The van der Waals surface area contributed by atoms with Crippen LogP contribution in [0.1, 0.15) is 17.3 Å². The maximum atomic E-state index is 13.3. The number of rotatable bonds is 6. The van der Waals surface area contributed by atoms with Crippen LogP contribution in [0.4, 0.5) is 14.5 Å². The van der Waals surface area contributed by atoms with Crippen LogP contribution in [0.5, 0.6) is 0 Å². The molecule has 0 unspecified atom stereocenters. The Balaban J connectivity index is 2.20. The summed E-state index contributed by atoms with van der Waals surface area (Å²) in [5.74, 6) is -4.12. The monoisotopic (exact) mass is 399 g/mol. The van der Waals surface area contributed by atoms with E-state index >= 15 is 0 Å². The van der Waals surface area contributed by atoms with Crippen molar-refractivity contribution in [2.24, 2.45) is 0 Å². The van der Waals surface area contributed by atoms with E-state index in [0.717, 1.165) is 13.2 Å². The molecule has 10 heteroatoms. The number of hydrogen-bond acceptors (Lipinski definition) is 6. The zero-order chi connectivity index (χ0) is 20.2. The SMILES string of the molecule is COC(=O)[C@@H](C)OC(=O)c1cccc(NS(=O)(=O)c2ccc(F)c(F)c2)c1. The molecule has 1 atom stereocenters. The molecule has 0 saturated carbocycles. The van der Waals surface area contributed by atoms with Crippen LogP contribution in [-0.2, 0) is 24.3 Å². The summed E-state index contributed by atoms with van der Waals surface area (Å²) in [6, 6.07) is 7.36. The lowest BCUT2D eigenvalue weighted by atomic mass is 10.2. The van der Waals surface area contributed by atoms with Gasteiger partial charge in [-0.05, 0) is 43.3 Å². The van der Waals surface area contributed by atoms with Crippen LogP contribution in [0.15, 0.2) is 47.4 Å². The summed E-state index contributed by atoms with van der Waals surface area (Å²) >= 11 is 0. The normalized spacial score (nSPS) is 12.1. The van der Waals surface area contributed by atoms with E-state index in [1.165, 1.54) is 31.2 Å². The maximum absolute atomic E-state index is 13.3. The molecule has 144 valence electrons. The number of anilines is 1. The highest BCUT2D eigenvalue weighted by molar-refractivity contribution is 7.92. The number of carbonyl (C=O) groups is 2. The molecule has 27 heavy (non-hydrogen) atoms. The lowest BCUT2D eigenvalue weighted by Gasteiger charge is -2.12. The average Bonchev–Trinajstić information content (AvgIpc) is 2.62. The molecule has 0 heterocycles. The Hall–Kier alpha value is -3.01. The van der Waals surface area contributed by atoms with Crippen LogP contribution in [0, 0.1) is 11.6 Å². The number of benzene rings is 2. The van der Waals surface area contributed by atoms with Gasteiger partial charge in [-0.3, -0.25) is 4.72 Å². The Bertz CT molecular complexity index is 977. The highest BCUT2D eigenvalue weighted by Crippen LogP contribution is 2.19. The zero-order valence-corrected chi connectivity index (χ0v) is 15.0. The molecular weight excluding hydrogens is 384 g/mol. The van der Waals surface area contributed by atoms with Crippen molar-refractivity contribution in [3.63, 3.8) is 0 Å². The average molecular weight is 399 g/mol. The van der Waals surface area contributed by atoms with Crippen LogP contribution in [-0.4, -0.2) is 33.6 Å². The van der Waals surface area contributed by atoms with Gasteiger partial charge in [0.15, 0.2) is 17.7 Å². The summed E-state index contributed by atoms with van der Waals surface area (Å²) in [5, 5.41) is 0. The first-order valence-corrected chi connectivity index (χ1v) is 8.99. The predicted octanol–water partition coefficient (Wildman–Crippen LogP) is 2.48. The van der Waals surface area contributed by atoms with Gasteiger partial charge in [0.2, 0.25) is 0 Å². The molecule has 0 saturated heterocycles. The van der Waals surface area contributed by atoms with Gasteiger partial charge in [0.05, 0.1) is 17.6 Å². The van der Waals surface area contributed by atoms with Gasteiger partial charge in [-0.25, -0.2) is 26.8 Å². The first-order chi connectivity index (χ1) is 12.6. The summed E-state index contributed by atoms with van der Waals surface area (Å²) < 4.78 is 62.3. The Kier molecular flexibility index (Phi) is 6.11. The van der Waals surface area contributed by atoms with E-state index in [-0.39, 0.29) is 11.3 Å². The van der Waals surface area contributed by atoms with E-state index in [4.69, 9.17) is 4.74 Å². The number of hydrogen-bond donors (Lipinski definition) is 1. The van der Waals surface area contributed by atoms with Crippen molar-refractivity contribution in [1.29, 1.82) is 0 Å². The fourth-order valence-corrected chi connectivity index (χ4v) is 3.07. The van der Waals surface area contributed by atoms with Crippen molar-refractivity contribution >= 4 is 27.6 Å². The van der Waals surface area contributed by atoms with Crippen molar-refractivity contribution < 1.29 is 36.3 Å². The molecule has 2 rings (SSSR count). The molecule has 0 aromatic heterocycles. The Morgan fingerprint density at radius 2 is 1.78 bits per heavy atom. The van der Waals surface area contributed by atoms with Gasteiger partial charge < -0.3 is 9.47 Å². The molecule has 2 aromatic carbocycles. The van der Waals surface area contributed by atoms with Gasteiger partial charge in [0.25, 0.3) is 10.0 Å². The van der Waals surface area contributed by atoms with E-state index in [9.17, 15) is 26.8 Å². The highest BCUT2D eigenvalue weighted by Gasteiger charge is 2.21. The molecule has 7 nitrogen and oxygen atoms in total. The summed E-state index contributed by atoms with van der Waals surface area (Å²) in [4.78, 5) is 22.8. The lowest BCUT2D eigenvalue weighted by molar-refractivity contribution is -0.149. The van der Waals surface area contributed by atoms with Gasteiger partial charge in [-0.2, -0.15) is 0 Å². The van der Waals surface area contributed by atoms with Crippen molar-refractivity contribution in [3.05, 3.63) is 59.7 Å². The number of nitrogens with one attached hydrogen (secondary N) is 1. The molecule has 0 fully saturated rings. The molecule has 1 N–H and O–H groups in total. The molecule has 0 aliphatic carbocycles. The molecule has 0 amide bonds.